The fourth-order valence-electron chi connectivity index (χ4n) is 0.617. The number of carbonyl (C=O) groups is 1. The van der Waals surface area contributed by atoms with Gasteiger partial charge in [-0.15, -0.1) is 0 Å². The molecule has 0 aliphatic carbocycles. The summed E-state index contributed by atoms with van der Waals surface area (Å²) in [5.41, 5.74) is 1.32. The van der Waals surface area contributed by atoms with Crippen molar-refractivity contribution in [1.29, 1.82) is 0 Å². The number of oxime groups is 1. The summed E-state index contributed by atoms with van der Waals surface area (Å²) >= 11 is 0. The summed E-state index contributed by atoms with van der Waals surface area (Å²) in [5, 5.41) is 3.57. The van der Waals surface area contributed by atoms with E-state index < -0.39 is 0 Å². The van der Waals surface area contributed by atoms with Crippen LogP contribution in [-0.2, 0) is 9.63 Å². The van der Waals surface area contributed by atoms with E-state index in [-0.39, 0.29) is 5.78 Å². The van der Waals surface area contributed by atoms with Gasteiger partial charge in [0.25, 0.3) is 0 Å². The second-order valence-corrected chi connectivity index (χ2v) is 2.41. The summed E-state index contributed by atoms with van der Waals surface area (Å²) in [6, 6.07) is 0. The van der Waals surface area contributed by atoms with E-state index >= 15 is 0 Å². The van der Waals surface area contributed by atoms with Crippen LogP contribution in [0.25, 0.3) is 0 Å². The molecule has 0 spiro atoms. The van der Waals surface area contributed by atoms with Crippen LogP contribution in [0.4, 0.5) is 0 Å². The van der Waals surface area contributed by atoms with E-state index in [1.807, 2.05) is 6.92 Å². The maximum absolute atomic E-state index is 10.8. The summed E-state index contributed by atoms with van der Waals surface area (Å²) in [5.74, 6) is -0.0742. The molecule has 0 fully saturated rings. The van der Waals surface area contributed by atoms with Crippen LogP contribution in [0, 0.1) is 0 Å². The van der Waals surface area contributed by atoms with Crippen LogP contribution in [0.5, 0.6) is 0 Å². The molecule has 0 aliphatic heterocycles. The van der Waals surface area contributed by atoms with Gasteiger partial charge >= 0.3 is 0 Å². The molecule has 0 saturated heterocycles. The summed E-state index contributed by atoms with van der Waals surface area (Å²) in [6.07, 6.45) is 0.489. The number of Topliss-reactive ketones (excluding diaryl/α,β-unsaturated/α-hetero) is 1. The molecule has 3 heteroatoms. The SMILES string of the molecule is C=C(C)C/C(=N/OC)C(C)=O. The Morgan fingerprint density at radius 1 is 1.55 bits per heavy atom. The van der Waals surface area contributed by atoms with Crippen LogP contribution in [0.15, 0.2) is 17.3 Å². The van der Waals surface area contributed by atoms with Gasteiger partial charge in [0.15, 0.2) is 5.78 Å². The second-order valence-electron chi connectivity index (χ2n) is 2.41. The van der Waals surface area contributed by atoms with Crippen LogP contribution < -0.4 is 0 Å². The van der Waals surface area contributed by atoms with Crippen LogP contribution in [-0.4, -0.2) is 18.6 Å². The van der Waals surface area contributed by atoms with Gasteiger partial charge in [0.2, 0.25) is 0 Å². The zero-order chi connectivity index (χ0) is 8.85. The zero-order valence-electron chi connectivity index (χ0n) is 7.18. The lowest BCUT2D eigenvalue weighted by molar-refractivity contribution is -0.111. The Balaban J connectivity index is 4.23. The first-order chi connectivity index (χ1) is 5.07. The van der Waals surface area contributed by atoms with Gasteiger partial charge in [0.1, 0.15) is 12.8 Å². The number of hydrogen-bond acceptors (Lipinski definition) is 3. The van der Waals surface area contributed by atoms with Gasteiger partial charge < -0.3 is 4.84 Å². The van der Waals surface area contributed by atoms with E-state index in [2.05, 4.69) is 16.6 Å². The Morgan fingerprint density at radius 2 is 2.09 bits per heavy atom. The molecule has 0 heterocycles. The molecule has 0 bridgehead atoms. The molecule has 0 aliphatic rings. The number of nitrogens with zero attached hydrogens (tertiary/aromatic N) is 1. The van der Waals surface area contributed by atoms with Gasteiger partial charge in [-0.05, 0) is 6.92 Å². The molecular formula is C8H13NO2. The second kappa shape index (κ2) is 4.66. The van der Waals surface area contributed by atoms with E-state index in [1.165, 1.54) is 14.0 Å². The maximum atomic E-state index is 10.8. The smallest absolute Gasteiger partial charge is 0.177 e. The van der Waals surface area contributed by atoms with Gasteiger partial charge in [0, 0.05) is 13.3 Å². The number of hydrogen-bond donors (Lipinski definition) is 0. The van der Waals surface area contributed by atoms with Crippen molar-refractivity contribution in [3.8, 4) is 0 Å². The molecule has 0 atom stereocenters. The summed E-state index contributed by atoms with van der Waals surface area (Å²) < 4.78 is 0. The highest BCUT2D eigenvalue weighted by molar-refractivity contribution is 6.39. The molecule has 0 unspecified atom stereocenters. The van der Waals surface area contributed by atoms with Gasteiger partial charge in [-0.1, -0.05) is 17.3 Å². The summed E-state index contributed by atoms with van der Waals surface area (Å²) in [7, 11) is 1.42. The van der Waals surface area contributed by atoms with Crippen LogP contribution in [0.3, 0.4) is 0 Å². The normalized spacial score (nSPS) is 11.0. The molecule has 11 heavy (non-hydrogen) atoms. The monoisotopic (exact) mass is 155 g/mol. The van der Waals surface area contributed by atoms with Crippen molar-refractivity contribution in [2.75, 3.05) is 7.11 Å². The van der Waals surface area contributed by atoms with E-state index in [1.54, 1.807) is 0 Å². The zero-order valence-corrected chi connectivity index (χ0v) is 7.18. The van der Waals surface area contributed by atoms with Crippen molar-refractivity contribution in [3.05, 3.63) is 12.2 Å². The first kappa shape index (κ1) is 9.88. The molecule has 0 amide bonds. The van der Waals surface area contributed by atoms with Crippen LogP contribution in [0.2, 0.25) is 0 Å². The Bertz CT molecular complexity index is 194. The Labute approximate surface area is 66.7 Å². The number of ketones is 1. The topological polar surface area (TPSA) is 38.7 Å². The Hall–Kier alpha value is -1.12. The molecule has 3 nitrogen and oxygen atoms in total. The minimum absolute atomic E-state index is 0.0742. The largest absolute Gasteiger partial charge is 0.399 e. The quantitative estimate of drug-likeness (QED) is 0.351. The van der Waals surface area contributed by atoms with Gasteiger partial charge in [-0.3, -0.25) is 4.79 Å². The fourth-order valence-corrected chi connectivity index (χ4v) is 0.617. The average Bonchev–Trinajstić information content (AvgIpc) is 1.86. The average molecular weight is 155 g/mol. The van der Waals surface area contributed by atoms with Crippen molar-refractivity contribution in [3.63, 3.8) is 0 Å². The molecule has 62 valence electrons. The molecule has 0 radical (unpaired) electrons. The molecule has 0 N–H and O–H groups in total. The van der Waals surface area contributed by atoms with Crippen LogP contribution >= 0.6 is 0 Å². The highest BCUT2D eigenvalue weighted by Gasteiger charge is 2.05. The molecule has 0 aromatic carbocycles. The van der Waals surface area contributed by atoms with Crippen molar-refractivity contribution in [1.82, 2.24) is 0 Å². The molecular weight excluding hydrogens is 142 g/mol. The summed E-state index contributed by atoms with van der Waals surface area (Å²) in [6.45, 7) is 6.97. The van der Waals surface area contributed by atoms with Crippen molar-refractivity contribution in [2.24, 2.45) is 5.16 Å². The van der Waals surface area contributed by atoms with Crippen molar-refractivity contribution in [2.45, 2.75) is 20.3 Å². The first-order valence-corrected chi connectivity index (χ1v) is 3.33. The minimum Gasteiger partial charge on any atom is -0.399 e. The van der Waals surface area contributed by atoms with Gasteiger partial charge in [0.05, 0.1) is 0 Å². The lowest BCUT2D eigenvalue weighted by Crippen LogP contribution is -2.10. The number of carbonyl (C=O) groups excluding carboxylic acids is 1. The first-order valence-electron chi connectivity index (χ1n) is 3.33. The third-order valence-corrected chi connectivity index (χ3v) is 1.08. The van der Waals surface area contributed by atoms with E-state index in [4.69, 9.17) is 0 Å². The standard InChI is InChI=1S/C8H13NO2/c1-6(2)5-8(7(3)10)9-11-4/h1,5H2,2-4H3/b9-8-. The van der Waals surface area contributed by atoms with E-state index in [9.17, 15) is 4.79 Å². The molecule has 0 aromatic heterocycles. The molecule has 0 saturated carbocycles. The fraction of sp³-hybridized carbons (Fsp3) is 0.500. The third kappa shape index (κ3) is 4.31. The molecule has 0 aromatic rings. The summed E-state index contributed by atoms with van der Waals surface area (Å²) in [4.78, 5) is 15.3. The minimum atomic E-state index is -0.0742. The van der Waals surface area contributed by atoms with Crippen molar-refractivity contribution < 1.29 is 9.63 Å². The number of allylic oxidation sites excluding steroid dienone is 1. The number of rotatable bonds is 4. The van der Waals surface area contributed by atoms with Gasteiger partial charge in [-0.25, -0.2) is 0 Å². The van der Waals surface area contributed by atoms with Gasteiger partial charge in [-0.2, -0.15) is 0 Å². The lowest BCUT2D eigenvalue weighted by atomic mass is 10.1. The predicted molar refractivity (Wildman–Crippen MR) is 44.6 cm³/mol. The lowest BCUT2D eigenvalue weighted by Gasteiger charge is -1.99. The van der Waals surface area contributed by atoms with Crippen LogP contribution in [0.1, 0.15) is 20.3 Å². The molecule has 0 rings (SSSR count). The maximum Gasteiger partial charge on any atom is 0.177 e. The predicted octanol–water partition coefficient (Wildman–Crippen LogP) is 1.54. The van der Waals surface area contributed by atoms with E-state index in [0.717, 1.165) is 5.57 Å². The Kier molecular flexibility index (Phi) is 4.18. The van der Waals surface area contributed by atoms with Crippen molar-refractivity contribution >= 4 is 11.5 Å². The Morgan fingerprint density at radius 3 is 2.36 bits per heavy atom. The third-order valence-electron chi connectivity index (χ3n) is 1.08. The van der Waals surface area contributed by atoms with E-state index in [0.29, 0.717) is 12.1 Å². The highest BCUT2D eigenvalue weighted by Crippen LogP contribution is 1.99. The highest BCUT2D eigenvalue weighted by atomic mass is 16.6.